The molecule has 0 fully saturated rings. The van der Waals surface area contributed by atoms with Crippen molar-refractivity contribution >= 4 is 17.2 Å². The predicted molar refractivity (Wildman–Crippen MR) is 132 cm³/mol. The Bertz CT molecular complexity index is 967. The molecule has 2 aromatic rings. The van der Waals surface area contributed by atoms with Crippen molar-refractivity contribution < 1.29 is 19.4 Å². The van der Waals surface area contributed by atoms with Gasteiger partial charge in [-0.1, -0.05) is 30.5 Å². The summed E-state index contributed by atoms with van der Waals surface area (Å²) in [7, 11) is 0. The third-order valence-corrected chi connectivity index (χ3v) is 6.91. The second-order valence-electron chi connectivity index (χ2n) is 8.43. The van der Waals surface area contributed by atoms with E-state index in [1.807, 2.05) is 35.8 Å². The molecule has 1 aliphatic heterocycles. The van der Waals surface area contributed by atoms with Crippen LogP contribution in [-0.4, -0.2) is 72.9 Å². The molecular formula is C26H34N2O4S. The average Bonchev–Trinajstić information content (AvgIpc) is 3.27. The highest BCUT2D eigenvalue weighted by Crippen LogP contribution is 2.34. The van der Waals surface area contributed by atoms with Gasteiger partial charge in [0, 0.05) is 18.0 Å². The first-order valence-corrected chi connectivity index (χ1v) is 12.3. The van der Waals surface area contributed by atoms with Gasteiger partial charge in [0.1, 0.15) is 19.0 Å². The molecule has 7 heteroatoms. The highest BCUT2D eigenvalue weighted by Gasteiger charge is 2.33. The molecule has 2 heterocycles. The molecular weight excluding hydrogens is 436 g/mol. The fraction of sp³-hybridized carbons (Fsp3) is 0.500. The van der Waals surface area contributed by atoms with Gasteiger partial charge in [-0.15, -0.1) is 17.8 Å². The Kier molecular flexibility index (Phi) is 9.33. The normalized spacial score (nSPS) is 16.4. The highest BCUT2D eigenvalue weighted by atomic mass is 32.1. The number of aryl methyl sites for hydroxylation is 2. The summed E-state index contributed by atoms with van der Waals surface area (Å²) in [4.78, 5) is 18.6. The molecule has 0 spiro atoms. The Morgan fingerprint density at radius 1 is 1.39 bits per heavy atom. The van der Waals surface area contributed by atoms with Crippen LogP contribution in [0, 0.1) is 26.2 Å². The fourth-order valence-electron chi connectivity index (χ4n) is 4.20. The zero-order valence-corrected chi connectivity index (χ0v) is 20.6. The third kappa shape index (κ3) is 6.81. The third-order valence-electron chi connectivity index (χ3n) is 5.91. The van der Waals surface area contributed by atoms with Gasteiger partial charge in [0.05, 0.1) is 25.3 Å². The number of hydrogen-bond donors (Lipinski definition) is 1. The largest absolute Gasteiger partial charge is 0.491 e. The number of benzene rings is 1. The van der Waals surface area contributed by atoms with Gasteiger partial charge in [-0.25, -0.2) is 0 Å². The molecule has 0 bridgehead atoms. The van der Waals surface area contributed by atoms with Crippen LogP contribution in [0.3, 0.4) is 0 Å². The number of ether oxygens (including phenoxy) is 2. The van der Waals surface area contributed by atoms with E-state index in [4.69, 9.17) is 15.9 Å². The van der Waals surface area contributed by atoms with Crippen molar-refractivity contribution in [3.8, 4) is 18.1 Å². The Hall–Kier alpha value is -2.37. The first-order chi connectivity index (χ1) is 15.9. The first kappa shape index (κ1) is 25.3. The van der Waals surface area contributed by atoms with Crippen LogP contribution in [0.1, 0.15) is 34.5 Å². The van der Waals surface area contributed by atoms with Crippen molar-refractivity contribution in [1.29, 1.82) is 0 Å². The second kappa shape index (κ2) is 12.2. The van der Waals surface area contributed by atoms with E-state index in [0.29, 0.717) is 26.2 Å². The SMILES string of the molecule is C#CCOC[C@@H](O)CN(CC)CC(=O)N1CCc2sccc2[C@H]1COc1ccc(C)cc1C. The van der Waals surface area contributed by atoms with Gasteiger partial charge in [-0.2, -0.15) is 0 Å². The summed E-state index contributed by atoms with van der Waals surface area (Å²) < 4.78 is 11.4. The molecule has 0 saturated carbocycles. The van der Waals surface area contributed by atoms with E-state index in [1.165, 1.54) is 16.0 Å². The number of nitrogens with zero attached hydrogens (tertiary/aromatic N) is 2. The number of terminal acetylenes is 1. The quantitative estimate of drug-likeness (QED) is 0.404. The summed E-state index contributed by atoms with van der Waals surface area (Å²) >= 11 is 1.74. The maximum atomic E-state index is 13.4. The molecule has 178 valence electrons. The van der Waals surface area contributed by atoms with Crippen LogP contribution >= 0.6 is 11.3 Å². The monoisotopic (exact) mass is 470 g/mol. The van der Waals surface area contributed by atoms with Crippen molar-refractivity contribution in [2.45, 2.75) is 39.3 Å². The van der Waals surface area contributed by atoms with Crippen LogP contribution in [0.25, 0.3) is 0 Å². The summed E-state index contributed by atoms with van der Waals surface area (Å²) in [5, 5.41) is 12.3. The number of hydrogen-bond acceptors (Lipinski definition) is 6. The van der Waals surface area contributed by atoms with E-state index < -0.39 is 6.10 Å². The van der Waals surface area contributed by atoms with Crippen LogP contribution in [0.15, 0.2) is 29.6 Å². The molecule has 0 radical (unpaired) electrons. The van der Waals surface area contributed by atoms with Crippen molar-refractivity contribution in [3.63, 3.8) is 0 Å². The molecule has 33 heavy (non-hydrogen) atoms. The van der Waals surface area contributed by atoms with Gasteiger partial charge in [0.15, 0.2) is 0 Å². The Labute approximate surface area is 201 Å². The topological polar surface area (TPSA) is 62.2 Å². The maximum Gasteiger partial charge on any atom is 0.237 e. The maximum absolute atomic E-state index is 13.4. The predicted octanol–water partition coefficient (Wildman–Crippen LogP) is 3.20. The average molecular weight is 471 g/mol. The lowest BCUT2D eigenvalue weighted by molar-refractivity contribution is -0.136. The molecule has 2 atom stereocenters. The number of aliphatic hydroxyl groups is 1. The molecule has 6 nitrogen and oxygen atoms in total. The Balaban J connectivity index is 1.67. The van der Waals surface area contributed by atoms with Crippen LogP contribution in [0.2, 0.25) is 0 Å². The van der Waals surface area contributed by atoms with Gasteiger partial charge in [-0.3, -0.25) is 9.69 Å². The van der Waals surface area contributed by atoms with Crippen LogP contribution in [-0.2, 0) is 16.0 Å². The van der Waals surface area contributed by atoms with Crippen molar-refractivity contribution in [3.05, 3.63) is 51.2 Å². The smallest absolute Gasteiger partial charge is 0.237 e. The first-order valence-electron chi connectivity index (χ1n) is 11.4. The number of carbonyl (C=O) groups is 1. The molecule has 1 amide bonds. The minimum absolute atomic E-state index is 0.0414. The lowest BCUT2D eigenvalue weighted by atomic mass is 10.00. The van der Waals surface area contributed by atoms with E-state index in [9.17, 15) is 9.90 Å². The zero-order valence-electron chi connectivity index (χ0n) is 19.8. The lowest BCUT2D eigenvalue weighted by Gasteiger charge is -2.37. The minimum atomic E-state index is -0.695. The number of thiophene rings is 1. The number of carbonyl (C=O) groups excluding carboxylic acids is 1. The Morgan fingerprint density at radius 2 is 2.21 bits per heavy atom. The van der Waals surface area contributed by atoms with Gasteiger partial charge in [0.2, 0.25) is 5.91 Å². The number of amides is 1. The van der Waals surface area contributed by atoms with Crippen LogP contribution < -0.4 is 4.74 Å². The summed E-state index contributed by atoms with van der Waals surface area (Å²) in [5.74, 6) is 3.28. The molecule has 0 aliphatic carbocycles. The number of rotatable bonds is 11. The number of likely N-dealkylation sites (N-methyl/N-ethyl adjacent to an activating group) is 1. The molecule has 0 unspecified atom stereocenters. The van der Waals surface area contributed by atoms with Crippen molar-refractivity contribution in [1.82, 2.24) is 9.80 Å². The van der Waals surface area contributed by atoms with Crippen molar-refractivity contribution in [2.24, 2.45) is 0 Å². The minimum Gasteiger partial charge on any atom is -0.491 e. The second-order valence-corrected chi connectivity index (χ2v) is 9.43. The Morgan fingerprint density at radius 3 is 2.94 bits per heavy atom. The van der Waals surface area contributed by atoms with E-state index in [2.05, 4.69) is 30.4 Å². The fourth-order valence-corrected chi connectivity index (χ4v) is 5.13. The van der Waals surface area contributed by atoms with Crippen LogP contribution in [0.4, 0.5) is 0 Å². The summed E-state index contributed by atoms with van der Waals surface area (Å²) in [6, 6.07) is 8.12. The summed E-state index contributed by atoms with van der Waals surface area (Å²) in [6.07, 6.45) is 5.34. The standard InChI is InChI=1S/C26H34N2O4S/c1-5-12-31-17-21(29)15-27(6-2)16-26(30)28-11-9-25-22(10-13-33-25)23(28)18-32-24-8-7-19(3)14-20(24)4/h1,7-8,10,13-14,21,23,29H,6,9,11-12,15-18H2,2-4H3/t21-,23+/m0/s1. The van der Waals surface area contributed by atoms with E-state index >= 15 is 0 Å². The number of aliphatic hydroxyl groups excluding tert-OH is 1. The number of fused-ring (bicyclic) bond motifs is 1. The van der Waals surface area contributed by atoms with E-state index in [0.717, 1.165) is 17.7 Å². The molecule has 0 saturated heterocycles. The molecule has 1 aliphatic rings. The summed E-state index contributed by atoms with van der Waals surface area (Å²) in [6.45, 7) is 8.73. The van der Waals surface area contributed by atoms with Gasteiger partial charge < -0.3 is 19.5 Å². The molecule has 3 rings (SSSR count). The van der Waals surface area contributed by atoms with Crippen LogP contribution in [0.5, 0.6) is 5.75 Å². The van der Waals surface area contributed by atoms with E-state index in [-0.39, 0.29) is 31.7 Å². The highest BCUT2D eigenvalue weighted by molar-refractivity contribution is 7.10. The van der Waals surface area contributed by atoms with E-state index in [1.54, 1.807) is 11.3 Å². The van der Waals surface area contributed by atoms with Gasteiger partial charge in [0.25, 0.3) is 0 Å². The molecule has 1 aromatic heterocycles. The molecule has 1 N–H and O–H groups in total. The van der Waals surface area contributed by atoms with Gasteiger partial charge in [-0.05, 0) is 55.5 Å². The van der Waals surface area contributed by atoms with Crippen molar-refractivity contribution in [2.75, 3.05) is 46.0 Å². The lowest BCUT2D eigenvalue weighted by Crippen LogP contribution is -2.48. The van der Waals surface area contributed by atoms with Gasteiger partial charge >= 0.3 is 0 Å². The molecule has 1 aromatic carbocycles. The summed E-state index contributed by atoms with van der Waals surface area (Å²) in [5.41, 5.74) is 3.46. The zero-order chi connectivity index (χ0) is 23.8.